The highest BCUT2D eigenvalue weighted by atomic mass is 16.5. The molecule has 1 saturated heterocycles. The third-order valence-corrected chi connectivity index (χ3v) is 4.84. The SMILES string of the molecule is COc1cccc(N2C[C@@H](NC(=O)c3ccc4ccccc4c3)CC2=O)c1. The van der Waals surface area contributed by atoms with Gasteiger partial charge in [-0.2, -0.15) is 0 Å². The maximum absolute atomic E-state index is 12.6. The number of hydrogen-bond acceptors (Lipinski definition) is 3. The monoisotopic (exact) mass is 360 g/mol. The number of methoxy groups -OCH3 is 1. The molecule has 0 unspecified atom stereocenters. The Hall–Kier alpha value is -3.34. The Bertz CT molecular complexity index is 1020. The molecule has 136 valence electrons. The average molecular weight is 360 g/mol. The lowest BCUT2D eigenvalue weighted by molar-refractivity contribution is -0.117. The number of benzene rings is 3. The Balaban J connectivity index is 1.47. The van der Waals surface area contributed by atoms with Crippen LogP contribution in [0, 0.1) is 0 Å². The summed E-state index contributed by atoms with van der Waals surface area (Å²) in [6.07, 6.45) is 0.288. The van der Waals surface area contributed by atoms with Crippen molar-refractivity contribution < 1.29 is 14.3 Å². The zero-order valence-electron chi connectivity index (χ0n) is 15.0. The van der Waals surface area contributed by atoms with Crippen molar-refractivity contribution in [1.29, 1.82) is 0 Å². The van der Waals surface area contributed by atoms with Gasteiger partial charge in [0, 0.05) is 30.3 Å². The third-order valence-electron chi connectivity index (χ3n) is 4.84. The second kappa shape index (κ2) is 7.11. The van der Waals surface area contributed by atoms with Gasteiger partial charge in [0.2, 0.25) is 5.91 Å². The van der Waals surface area contributed by atoms with E-state index in [1.54, 1.807) is 12.0 Å². The summed E-state index contributed by atoms with van der Waals surface area (Å²) >= 11 is 0. The van der Waals surface area contributed by atoms with E-state index in [9.17, 15) is 9.59 Å². The summed E-state index contributed by atoms with van der Waals surface area (Å²) < 4.78 is 5.23. The molecular formula is C22H20N2O3. The standard InChI is InChI=1S/C22H20N2O3/c1-27-20-8-4-7-19(13-20)24-14-18(12-21(24)25)23-22(26)17-10-9-15-5-2-3-6-16(15)11-17/h2-11,13,18H,12,14H2,1H3,(H,23,26)/t18-/m0/s1. The molecule has 0 spiro atoms. The van der Waals surface area contributed by atoms with E-state index in [-0.39, 0.29) is 24.3 Å². The number of ether oxygens (including phenoxy) is 1. The second-order valence-corrected chi connectivity index (χ2v) is 6.64. The van der Waals surface area contributed by atoms with Crippen LogP contribution in [-0.2, 0) is 4.79 Å². The van der Waals surface area contributed by atoms with Crippen molar-refractivity contribution in [2.75, 3.05) is 18.6 Å². The van der Waals surface area contributed by atoms with Crippen LogP contribution in [-0.4, -0.2) is 31.5 Å². The number of carbonyl (C=O) groups excluding carboxylic acids is 2. The zero-order chi connectivity index (χ0) is 18.8. The summed E-state index contributed by atoms with van der Waals surface area (Å²) in [5.41, 5.74) is 1.38. The Morgan fingerprint density at radius 2 is 1.85 bits per heavy atom. The van der Waals surface area contributed by atoms with E-state index in [1.807, 2.05) is 66.7 Å². The van der Waals surface area contributed by atoms with Crippen LogP contribution in [0.4, 0.5) is 5.69 Å². The highest BCUT2D eigenvalue weighted by molar-refractivity contribution is 6.01. The van der Waals surface area contributed by atoms with Crippen molar-refractivity contribution in [3.8, 4) is 5.75 Å². The minimum Gasteiger partial charge on any atom is -0.497 e. The Morgan fingerprint density at radius 1 is 1.04 bits per heavy atom. The lowest BCUT2D eigenvalue weighted by Crippen LogP contribution is -2.37. The summed E-state index contributed by atoms with van der Waals surface area (Å²) in [5.74, 6) is 0.530. The topological polar surface area (TPSA) is 58.6 Å². The van der Waals surface area contributed by atoms with E-state index in [0.29, 0.717) is 17.9 Å². The van der Waals surface area contributed by atoms with Crippen LogP contribution in [0.2, 0.25) is 0 Å². The highest BCUT2D eigenvalue weighted by Crippen LogP contribution is 2.25. The molecule has 1 heterocycles. The fourth-order valence-electron chi connectivity index (χ4n) is 3.43. The van der Waals surface area contributed by atoms with E-state index in [1.165, 1.54) is 0 Å². The van der Waals surface area contributed by atoms with Crippen LogP contribution in [0.1, 0.15) is 16.8 Å². The number of nitrogens with one attached hydrogen (secondary N) is 1. The lowest BCUT2D eigenvalue weighted by Gasteiger charge is -2.18. The molecule has 1 aliphatic heterocycles. The Labute approximate surface area is 157 Å². The van der Waals surface area contributed by atoms with Gasteiger partial charge in [0.25, 0.3) is 5.91 Å². The van der Waals surface area contributed by atoms with E-state index in [2.05, 4.69) is 5.32 Å². The van der Waals surface area contributed by atoms with Gasteiger partial charge in [0.05, 0.1) is 13.2 Å². The number of nitrogens with zero attached hydrogens (tertiary/aromatic N) is 1. The Kier molecular flexibility index (Phi) is 4.50. The molecule has 1 aliphatic rings. The maximum Gasteiger partial charge on any atom is 0.251 e. The van der Waals surface area contributed by atoms with Gasteiger partial charge in [-0.1, -0.05) is 36.4 Å². The van der Waals surface area contributed by atoms with Gasteiger partial charge in [0.1, 0.15) is 5.75 Å². The van der Waals surface area contributed by atoms with Crippen molar-refractivity contribution in [2.24, 2.45) is 0 Å². The van der Waals surface area contributed by atoms with Gasteiger partial charge in [0.15, 0.2) is 0 Å². The summed E-state index contributed by atoms with van der Waals surface area (Å²) in [6.45, 7) is 0.450. The minimum absolute atomic E-state index is 0.00735. The molecule has 0 radical (unpaired) electrons. The highest BCUT2D eigenvalue weighted by Gasteiger charge is 2.31. The molecular weight excluding hydrogens is 340 g/mol. The van der Waals surface area contributed by atoms with Gasteiger partial charge < -0.3 is 15.0 Å². The van der Waals surface area contributed by atoms with Crippen molar-refractivity contribution >= 4 is 28.3 Å². The first-order valence-electron chi connectivity index (χ1n) is 8.88. The minimum atomic E-state index is -0.220. The number of carbonyl (C=O) groups is 2. The van der Waals surface area contributed by atoms with Crippen LogP contribution in [0.25, 0.3) is 10.8 Å². The molecule has 4 rings (SSSR count). The summed E-state index contributed by atoms with van der Waals surface area (Å²) in [4.78, 5) is 26.7. The number of anilines is 1. The van der Waals surface area contributed by atoms with E-state index < -0.39 is 0 Å². The smallest absolute Gasteiger partial charge is 0.251 e. The van der Waals surface area contributed by atoms with Crippen molar-refractivity contribution in [2.45, 2.75) is 12.5 Å². The van der Waals surface area contributed by atoms with Crippen molar-refractivity contribution in [3.63, 3.8) is 0 Å². The second-order valence-electron chi connectivity index (χ2n) is 6.64. The normalized spacial score (nSPS) is 16.6. The lowest BCUT2D eigenvalue weighted by atomic mass is 10.1. The Morgan fingerprint density at radius 3 is 2.67 bits per heavy atom. The number of hydrogen-bond donors (Lipinski definition) is 1. The molecule has 3 aromatic carbocycles. The fourth-order valence-corrected chi connectivity index (χ4v) is 3.43. The predicted molar refractivity (Wildman–Crippen MR) is 105 cm³/mol. The van der Waals surface area contributed by atoms with Crippen LogP contribution in [0.5, 0.6) is 5.75 Å². The molecule has 1 atom stereocenters. The van der Waals surface area contributed by atoms with Crippen molar-refractivity contribution in [3.05, 3.63) is 72.3 Å². The first kappa shape index (κ1) is 17.1. The predicted octanol–water partition coefficient (Wildman–Crippen LogP) is 3.38. The molecule has 1 fully saturated rings. The first-order chi connectivity index (χ1) is 13.1. The van der Waals surface area contributed by atoms with Crippen molar-refractivity contribution in [1.82, 2.24) is 5.32 Å². The molecule has 0 saturated carbocycles. The number of amides is 2. The first-order valence-corrected chi connectivity index (χ1v) is 8.88. The maximum atomic E-state index is 12.6. The van der Waals surface area contributed by atoms with Gasteiger partial charge in [-0.3, -0.25) is 9.59 Å². The molecule has 0 aromatic heterocycles. The molecule has 3 aromatic rings. The van der Waals surface area contributed by atoms with E-state index in [4.69, 9.17) is 4.74 Å². The summed E-state index contributed by atoms with van der Waals surface area (Å²) in [6, 6.07) is 20.7. The quantitative estimate of drug-likeness (QED) is 0.776. The van der Waals surface area contributed by atoms with E-state index in [0.717, 1.165) is 16.5 Å². The van der Waals surface area contributed by atoms with Gasteiger partial charge in [-0.25, -0.2) is 0 Å². The molecule has 1 N–H and O–H groups in total. The van der Waals surface area contributed by atoms with Crippen LogP contribution < -0.4 is 15.0 Å². The van der Waals surface area contributed by atoms with Crippen LogP contribution >= 0.6 is 0 Å². The fraction of sp³-hybridized carbons (Fsp3) is 0.182. The van der Waals surface area contributed by atoms with Gasteiger partial charge >= 0.3 is 0 Å². The zero-order valence-corrected chi connectivity index (χ0v) is 15.0. The van der Waals surface area contributed by atoms with E-state index >= 15 is 0 Å². The van der Waals surface area contributed by atoms with Crippen LogP contribution in [0.15, 0.2) is 66.7 Å². The summed E-state index contributed by atoms with van der Waals surface area (Å²) in [7, 11) is 1.59. The summed E-state index contributed by atoms with van der Waals surface area (Å²) in [5, 5.41) is 5.10. The molecule has 0 bridgehead atoms. The molecule has 5 heteroatoms. The van der Waals surface area contributed by atoms with Gasteiger partial charge in [-0.15, -0.1) is 0 Å². The van der Waals surface area contributed by atoms with Gasteiger partial charge in [-0.05, 0) is 35.0 Å². The largest absolute Gasteiger partial charge is 0.497 e. The molecule has 2 amide bonds. The average Bonchev–Trinajstić information content (AvgIpc) is 3.07. The third kappa shape index (κ3) is 3.49. The number of rotatable bonds is 4. The molecule has 0 aliphatic carbocycles. The number of fused-ring (bicyclic) bond motifs is 1. The molecule has 27 heavy (non-hydrogen) atoms. The molecule has 5 nitrogen and oxygen atoms in total. The van der Waals surface area contributed by atoms with Crippen LogP contribution in [0.3, 0.4) is 0 Å².